The second kappa shape index (κ2) is 7.50. The summed E-state index contributed by atoms with van der Waals surface area (Å²) in [7, 11) is 0. The van der Waals surface area contributed by atoms with E-state index in [1.165, 1.54) is 16.7 Å². The Kier molecular flexibility index (Phi) is 4.59. The Morgan fingerprint density at radius 2 is 1.81 bits per heavy atom. The molecular formula is C26H23N3O2S. The van der Waals surface area contributed by atoms with E-state index in [1.54, 1.807) is 11.3 Å². The summed E-state index contributed by atoms with van der Waals surface area (Å²) < 4.78 is 0. The average molecular weight is 442 g/mol. The van der Waals surface area contributed by atoms with Crippen LogP contribution in [-0.2, 0) is 23.3 Å². The van der Waals surface area contributed by atoms with Crippen LogP contribution in [0.5, 0.6) is 0 Å². The van der Waals surface area contributed by atoms with Gasteiger partial charge in [-0.2, -0.15) is 0 Å². The number of hydrogen-bond acceptors (Lipinski definition) is 5. The molecule has 0 saturated heterocycles. The monoisotopic (exact) mass is 441 g/mol. The maximum absolute atomic E-state index is 10.9. The third kappa shape index (κ3) is 3.40. The van der Waals surface area contributed by atoms with Crippen LogP contribution < -0.4 is 0 Å². The van der Waals surface area contributed by atoms with E-state index in [0.717, 1.165) is 52.5 Å². The number of carboxylic acids is 1. The minimum atomic E-state index is -0.747. The zero-order valence-corrected chi connectivity index (χ0v) is 18.4. The van der Waals surface area contributed by atoms with Crippen LogP contribution in [0.3, 0.4) is 0 Å². The summed E-state index contributed by atoms with van der Waals surface area (Å²) in [5.74, 6) is -0.747. The summed E-state index contributed by atoms with van der Waals surface area (Å²) in [6.07, 6.45) is 2.46. The largest absolute Gasteiger partial charge is 0.481 e. The summed E-state index contributed by atoms with van der Waals surface area (Å²) in [5, 5.41) is 9.94. The van der Waals surface area contributed by atoms with Crippen molar-refractivity contribution < 1.29 is 9.90 Å². The molecule has 2 aliphatic rings. The van der Waals surface area contributed by atoms with Gasteiger partial charge >= 0.3 is 5.97 Å². The Morgan fingerprint density at radius 3 is 2.59 bits per heavy atom. The second-order valence-corrected chi connectivity index (χ2v) is 9.80. The zero-order chi connectivity index (χ0) is 21.7. The number of carboxylic acid groups (broad SMARTS) is 1. The quantitative estimate of drug-likeness (QED) is 0.444. The molecular weight excluding hydrogens is 418 g/mol. The van der Waals surface area contributed by atoms with E-state index in [9.17, 15) is 4.79 Å². The van der Waals surface area contributed by atoms with Gasteiger partial charge in [0.1, 0.15) is 15.4 Å². The molecule has 6 rings (SSSR count). The first kappa shape index (κ1) is 19.6. The molecule has 160 valence electrons. The van der Waals surface area contributed by atoms with Crippen LogP contribution in [0.1, 0.15) is 41.6 Å². The highest BCUT2D eigenvalue weighted by molar-refractivity contribution is 7.21. The van der Waals surface area contributed by atoms with E-state index in [4.69, 9.17) is 15.1 Å². The number of hydrogen-bond donors (Lipinski definition) is 1. The number of thiazole rings is 1. The summed E-state index contributed by atoms with van der Waals surface area (Å²) >= 11 is 1.65. The van der Waals surface area contributed by atoms with E-state index in [1.807, 2.05) is 0 Å². The SMILES string of the molecule is O=C(O)CCN1Cc2ccc(-c3nc4ccc(C5(c6ccccc6)CC5)nc4s3)cc2C1. The van der Waals surface area contributed by atoms with Gasteiger partial charge < -0.3 is 5.11 Å². The zero-order valence-electron chi connectivity index (χ0n) is 17.6. The van der Waals surface area contributed by atoms with E-state index in [2.05, 4.69) is 65.6 Å². The van der Waals surface area contributed by atoms with Crippen LogP contribution >= 0.6 is 11.3 Å². The van der Waals surface area contributed by atoms with Gasteiger partial charge in [0, 0.05) is 30.6 Å². The fraction of sp³-hybridized carbons (Fsp3) is 0.269. The van der Waals surface area contributed by atoms with Crippen molar-refractivity contribution in [3.63, 3.8) is 0 Å². The minimum absolute atomic E-state index is 0.0621. The highest BCUT2D eigenvalue weighted by atomic mass is 32.1. The van der Waals surface area contributed by atoms with Gasteiger partial charge in [-0.15, -0.1) is 0 Å². The van der Waals surface area contributed by atoms with Gasteiger partial charge in [0.2, 0.25) is 0 Å². The maximum atomic E-state index is 10.9. The van der Waals surface area contributed by atoms with Crippen molar-refractivity contribution in [1.29, 1.82) is 0 Å². The van der Waals surface area contributed by atoms with E-state index in [0.29, 0.717) is 6.54 Å². The molecule has 0 atom stereocenters. The standard InChI is InChI=1S/C26H23N3O2S/c30-23(31)10-13-29-15-18-7-6-17(14-19(18)16-29)24-27-21-8-9-22(28-25(21)32-24)26(11-12-26)20-4-2-1-3-5-20/h1-9,14H,10-13,15-16H2,(H,30,31). The summed E-state index contributed by atoms with van der Waals surface area (Å²) in [6.45, 7) is 2.19. The average Bonchev–Trinajstić information content (AvgIpc) is 3.34. The van der Waals surface area contributed by atoms with Gasteiger partial charge in [-0.3, -0.25) is 9.69 Å². The van der Waals surface area contributed by atoms with Gasteiger partial charge in [-0.05, 0) is 47.7 Å². The van der Waals surface area contributed by atoms with Crippen LogP contribution in [0.25, 0.3) is 20.9 Å². The molecule has 3 heterocycles. The van der Waals surface area contributed by atoms with Crippen molar-refractivity contribution in [3.8, 4) is 10.6 Å². The van der Waals surface area contributed by atoms with Crippen molar-refractivity contribution in [1.82, 2.24) is 14.9 Å². The molecule has 4 aromatic rings. The summed E-state index contributed by atoms with van der Waals surface area (Å²) in [5.41, 5.74) is 7.16. The molecule has 0 bridgehead atoms. The minimum Gasteiger partial charge on any atom is -0.481 e. The van der Waals surface area contributed by atoms with Crippen molar-refractivity contribution in [3.05, 3.63) is 83.0 Å². The number of carbonyl (C=O) groups is 1. The van der Waals surface area contributed by atoms with Gasteiger partial charge in [0.05, 0.1) is 12.1 Å². The lowest BCUT2D eigenvalue weighted by molar-refractivity contribution is -0.137. The predicted octanol–water partition coefficient (Wildman–Crippen LogP) is 5.23. The van der Waals surface area contributed by atoms with Crippen molar-refractivity contribution in [2.45, 2.75) is 37.8 Å². The van der Waals surface area contributed by atoms with Crippen LogP contribution in [0.4, 0.5) is 0 Å². The number of aliphatic carboxylic acids is 1. The molecule has 0 unspecified atom stereocenters. The third-order valence-electron chi connectivity index (χ3n) is 6.71. The summed E-state index contributed by atoms with van der Waals surface area (Å²) in [4.78, 5) is 24.0. The molecule has 1 aliphatic heterocycles. The maximum Gasteiger partial charge on any atom is 0.304 e. The lowest BCUT2D eigenvalue weighted by Gasteiger charge is -2.14. The van der Waals surface area contributed by atoms with Crippen LogP contribution in [-0.4, -0.2) is 32.5 Å². The molecule has 32 heavy (non-hydrogen) atoms. The smallest absolute Gasteiger partial charge is 0.304 e. The predicted molar refractivity (Wildman–Crippen MR) is 126 cm³/mol. The number of fused-ring (bicyclic) bond motifs is 2. The van der Waals surface area contributed by atoms with E-state index < -0.39 is 5.97 Å². The number of benzene rings is 2. The first-order valence-corrected chi connectivity index (χ1v) is 11.8. The van der Waals surface area contributed by atoms with Crippen molar-refractivity contribution in [2.24, 2.45) is 0 Å². The molecule has 0 radical (unpaired) electrons. The number of pyridine rings is 1. The van der Waals surface area contributed by atoms with E-state index in [-0.39, 0.29) is 11.8 Å². The Hall–Kier alpha value is -3.09. The molecule has 1 fully saturated rings. The summed E-state index contributed by atoms with van der Waals surface area (Å²) in [6, 6.07) is 21.5. The Labute approximate surface area is 190 Å². The molecule has 1 saturated carbocycles. The Balaban J connectivity index is 1.28. The van der Waals surface area contributed by atoms with Crippen LogP contribution in [0.2, 0.25) is 0 Å². The van der Waals surface area contributed by atoms with Crippen LogP contribution in [0.15, 0.2) is 60.7 Å². The highest BCUT2D eigenvalue weighted by Crippen LogP contribution is 2.53. The topological polar surface area (TPSA) is 66.3 Å². The highest BCUT2D eigenvalue weighted by Gasteiger charge is 2.47. The van der Waals surface area contributed by atoms with Gasteiger partial charge in [-0.1, -0.05) is 53.8 Å². The molecule has 2 aromatic heterocycles. The normalized spacial score (nSPS) is 16.9. The first-order chi connectivity index (χ1) is 15.6. The van der Waals surface area contributed by atoms with Gasteiger partial charge in [0.25, 0.3) is 0 Å². The van der Waals surface area contributed by atoms with Crippen LogP contribution in [0, 0.1) is 0 Å². The van der Waals surface area contributed by atoms with Crippen molar-refractivity contribution in [2.75, 3.05) is 6.54 Å². The fourth-order valence-corrected chi connectivity index (χ4v) is 5.73. The first-order valence-electron chi connectivity index (χ1n) is 11.0. The third-order valence-corrected chi connectivity index (χ3v) is 7.72. The Bertz CT molecular complexity index is 1330. The lowest BCUT2D eigenvalue weighted by Crippen LogP contribution is -2.20. The van der Waals surface area contributed by atoms with Gasteiger partial charge in [0.15, 0.2) is 0 Å². The number of nitrogens with zero attached hydrogens (tertiary/aromatic N) is 3. The number of rotatable bonds is 6. The molecule has 0 spiro atoms. The Morgan fingerprint density at radius 1 is 1.00 bits per heavy atom. The molecule has 1 aliphatic carbocycles. The second-order valence-electron chi connectivity index (χ2n) is 8.83. The lowest BCUT2D eigenvalue weighted by atomic mass is 9.92. The molecule has 6 heteroatoms. The number of aromatic nitrogens is 2. The van der Waals surface area contributed by atoms with E-state index >= 15 is 0 Å². The fourth-order valence-electron chi connectivity index (χ4n) is 4.79. The molecule has 1 N–H and O–H groups in total. The molecule has 2 aromatic carbocycles. The van der Waals surface area contributed by atoms with Gasteiger partial charge in [-0.25, -0.2) is 9.97 Å². The molecule has 5 nitrogen and oxygen atoms in total. The van der Waals surface area contributed by atoms with Crippen molar-refractivity contribution >= 4 is 27.7 Å². The molecule has 0 amide bonds.